The lowest BCUT2D eigenvalue weighted by atomic mass is 10.0. The number of thiazole rings is 1. The van der Waals surface area contributed by atoms with Gasteiger partial charge in [0, 0.05) is 42.0 Å². The van der Waals surface area contributed by atoms with Crippen LogP contribution in [0.3, 0.4) is 0 Å². The number of nitrogens with zero attached hydrogens (tertiary/aromatic N) is 3. The molecule has 0 saturated carbocycles. The maximum absolute atomic E-state index is 11.5. The third-order valence-corrected chi connectivity index (χ3v) is 4.85. The van der Waals surface area contributed by atoms with Gasteiger partial charge in [-0.15, -0.1) is 11.3 Å². The van der Waals surface area contributed by atoms with Crippen LogP contribution in [0.15, 0.2) is 36.0 Å². The number of hydrogen-bond donors (Lipinski definition) is 2. The minimum absolute atomic E-state index is 0.0840. The molecule has 6 nitrogen and oxygen atoms in total. The Bertz CT molecular complexity index is 898. The molecule has 0 spiro atoms. The lowest BCUT2D eigenvalue weighted by Gasteiger charge is -2.17. The van der Waals surface area contributed by atoms with Crippen LogP contribution in [0, 0.1) is 0 Å². The zero-order valence-corrected chi connectivity index (χ0v) is 14.1. The zero-order chi connectivity index (χ0) is 16.5. The van der Waals surface area contributed by atoms with Gasteiger partial charge >= 0.3 is 0 Å². The molecule has 2 aromatic heterocycles. The van der Waals surface area contributed by atoms with Gasteiger partial charge in [0.15, 0.2) is 0 Å². The Labute approximate surface area is 143 Å². The van der Waals surface area contributed by atoms with Gasteiger partial charge in [-0.25, -0.2) is 4.98 Å². The zero-order valence-electron chi connectivity index (χ0n) is 13.2. The van der Waals surface area contributed by atoms with Gasteiger partial charge in [-0.1, -0.05) is 6.07 Å². The Hall–Kier alpha value is -2.67. The molecule has 0 fully saturated rings. The molecule has 1 aliphatic heterocycles. The fourth-order valence-electron chi connectivity index (χ4n) is 2.74. The van der Waals surface area contributed by atoms with E-state index in [0.29, 0.717) is 13.0 Å². The van der Waals surface area contributed by atoms with Crippen LogP contribution < -0.4 is 10.6 Å². The van der Waals surface area contributed by atoms with Gasteiger partial charge < -0.3 is 10.6 Å². The number of rotatable bonds is 4. The van der Waals surface area contributed by atoms with Crippen molar-refractivity contribution < 1.29 is 4.79 Å². The molecule has 2 N–H and O–H groups in total. The first-order valence-electron chi connectivity index (χ1n) is 7.77. The molecule has 1 amide bonds. The Morgan fingerprint density at radius 1 is 1.38 bits per heavy atom. The first-order valence-corrected chi connectivity index (χ1v) is 8.65. The second-order valence-electron chi connectivity index (χ2n) is 5.80. The topological polar surface area (TPSA) is 71.8 Å². The van der Waals surface area contributed by atoms with Crippen LogP contribution in [-0.2, 0) is 24.8 Å². The lowest BCUT2D eigenvalue weighted by molar-refractivity contribution is -0.116. The van der Waals surface area contributed by atoms with Crippen molar-refractivity contribution in [1.29, 1.82) is 0 Å². The number of anilines is 2. The molecule has 24 heavy (non-hydrogen) atoms. The fraction of sp³-hybridized carbons (Fsp3) is 0.235. The monoisotopic (exact) mass is 339 g/mol. The van der Waals surface area contributed by atoms with E-state index in [9.17, 15) is 4.79 Å². The molecule has 1 aliphatic rings. The molecule has 3 aromatic rings. The van der Waals surface area contributed by atoms with Crippen LogP contribution in [0.5, 0.6) is 0 Å². The van der Waals surface area contributed by atoms with Crippen molar-refractivity contribution in [2.24, 2.45) is 7.05 Å². The molecular weight excluding hydrogens is 322 g/mol. The molecule has 0 saturated heterocycles. The smallest absolute Gasteiger partial charge is 0.224 e. The van der Waals surface area contributed by atoms with Crippen LogP contribution >= 0.6 is 11.3 Å². The first kappa shape index (κ1) is 14.9. The highest BCUT2D eigenvalue weighted by Gasteiger charge is 2.14. The summed E-state index contributed by atoms with van der Waals surface area (Å²) in [4.78, 5) is 16.2. The van der Waals surface area contributed by atoms with Gasteiger partial charge in [-0.2, -0.15) is 5.10 Å². The molecular formula is C17H17N5OS. The van der Waals surface area contributed by atoms with Crippen molar-refractivity contribution in [2.45, 2.75) is 19.4 Å². The molecule has 1 aromatic carbocycles. The molecule has 0 aliphatic carbocycles. The molecule has 122 valence electrons. The van der Waals surface area contributed by atoms with Gasteiger partial charge in [-0.05, 0) is 24.1 Å². The number of aromatic nitrogens is 3. The normalized spacial score (nSPS) is 13.5. The maximum atomic E-state index is 11.5. The Balaban J connectivity index is 1.45. The second-order valence-corrected chi connectivity index (χ2v) is 6.75. The Morgan fingerprint density at radius 3 is 3.12 bits per heavy atom. The number of benzene rings is 1. The third-order valence-electron chi connectivity index (χ3n) is 4.00. The fourth-order valence-corrected chi connectivity index (χ4v) is 3.48. The van der Waals surface area contributed by atoms with Crippen molar-refractivity contribution in [3.8, 4) is 11.3 Å². The highest BCUT2D eigenvalue weighted by atomic mass is 32.1. The largest absolute Gasteiger partial charge is 0.378 e. The number of fused-ring (bicyclic) bond motifs is 1. The van der Waals surface area contributed by atoms with E-state index in [2.05, 4.69) is 26.8 Å². The van der Waals surface area contributed by atoms with E-state index in [0.717, 1.165) is 34.1 Å². The molecule has 4 rings (SSSR count). The number of nitrogens with one attached hydrogen (secondary N) is 2. The van der Waals surface area contributed by atoms with E-state index in [-0.39, 0.29) is 5.91 Å². The van der Waals surface area contributed by atoms with Crippen molar-refractivity contribution >= 4 is 28.6 Å². The minimum Gasteiger partial charge on any atom is -0.378 e. The highest BCUT2D eigenvalue weighted by molar-refractivity contribution is 7.09. The number of aryl methyl sites for hydroxylation is 2. The summed E-state index contributed by atoms with van der Waals surface area (Å²) in [5.74, 6) is 0.0840. The third kappa shape index (κ3) is 3.03. The summed E-state index contributed by atoms with van der Waals surface area (Å²) in [6.45, 7) is 0.650. The highest BCUT2D eigenvalue weighted by Crippen LogP contribution is 2.27. The molecule has 7 heteroatoms. The van der Waals surface area contributed by atoms with Crippen molar-refractivity contribution in [3.05, 3.63) is 46.5 Å². The van der Waals surface area contributed by atoms with Crippen molar-refractivity contribution in [3.63, 3.8) is 0 Å². The van der Waals surface area contributed by atoms with E-state index in [1.165, 1.54) is 5.56 Å². The van der Waals surface area contributed by atoms with E-state index in [1.54, 1.807) is 16.0 Å². The molecule has 0 radical (unpaired) electrons. The van der Waals surface area contributed by atoms with Crippen LogP contribution in [0.4, 0.5) is 11.4 Å². The van der Waals surface area contributed by atoms with Crippen LogP contribution in [-0.4, -0.2) is 20.7 Å². The van der Waals surface area contributed by atoms with Crippen molar-refractivity contribution in [2.75, 3.05) is 10.6 Å². The number of hydrogen-bond acceptors (Lipinski definition) is 5. The SMILES string of the molecule is Cn1cc(-c2csc(CNc3ccc4c(c3)NC(=O)CC4)n2)cn1. The maximum Gasteiger partial charge on any atom is 0.224 e. The summed E-state index contributed by atoms with van der Waals surface area (Å²) >= 11 is 1.62. The average Bonchev–Trinajstić information content (AvgIpc) is 3.21. The summed E-state index contributed by atoms with van der Waals surface area (Å²) in [6.07, 6.45) is 5.15. The van der Waals surface area contributed by atoms with Crippen LogP contribution in [0.2, 0.25) is 0 Å². The summed E-state index contributed by atoms with van der Waals surface area (Å²) in [5, 5.41) is 13.5. The molecule has 0 unspecified atom stereocenters. The van der Waals surface area contributed by atoms with E-state index >= 15 is 0 Å². The van der Waals surface area contributed by atoms with Gasteiger partial charge in [0.05, 0.1) is 18.4 Å². The van der Waals surface area contributed by atoms with E-state index in [1.807, 2.05) is 37.0 Å². The van der Waals surface area contributed by atoms with Crippen LogP contribution in [0.25, 0.3) is 11.3 Å². The molecule has 3 heterocycles. The van der Waals surface area contributed by atoms with Gasteiger partial charge in [0.25, 0.3) is 0 Å². The molecule has 0 bridgehead atoms. The second kappa shape index (κ2) is 6.09. The average molecular weight is 339 g/mol. The molecule has 0 atom stereocenters. The predicted octanol–water partition coefficient (Wildman–Crippen LogP) is 3.04. The van der Waals surface area contributed by atoms with Gasteiger partial charge in [0.1, 0.15) is 5.01 Å². The summed E-state index contributed by atoms with van der Waals surface area (Å²) in [7, 11) is 1.90. The minimum atomic E-state index is 0.0840. The lowest BCUT2D eigenvalue weighted by Crippen LogP contribution is -2.19. The summed E-state index contributed by atoms with van der Waals surface area (Å²) in [6, 6.07) is 6.11. The summed E-state index contributed by atoms with van der Waals surface area (Å²) < 4.78 is 1.77. The summed E-state index contributed by atoms with van der Waals surface area (Å²) in [5.41, 5.74) is 5.05. The predicted molar refractivity (Wildman–Crippen MR) is 95.0 cm³/mol. The Kier molecular flexibility index (Phi) is 3.78. The van der Waals surface area contributed by atoms with Gasteiger partial charge in [0.2, 0.25) is 5.91 Å². The van der Waals surface area contributed by atoms with E-state index < -0.39 is 0 Å². The Morgan fingerprint density at radius 2 is 2.29 bits per heavy atom. The number of carbonyl (C=O) groups excluding carboxylic acids is 1. The van der Waals surface area contributed by atoms with E-state index in [4.69, 9.17) is 0 Å². The quantitative estimate of drug-likeness (QED) is 0.766. The number of amides is 1. The first-order chi connectivity index (χ1) is 11.7. The van der Waals surface area contributed by atoms with Crippen molar-refractivity contribution in [1.82, 2.24) is 14.8 Å². The number of carbonyl (C=O) groups is 1. The van der Waals surface area contributed by atoms with Gasteiger partial charge in [-0.3, -0.25) is 9.48 Å². The standard InChI is InChI=1S/C17H17N5OS/c1-22-9-12(7-19-22)15-10-24-17(21-15)8-18-13-4-2-11-3-5-16(23)20-14(11)6-13/h2,4,6-7,9-10,18H,3,5,8H2,1H3,(H,20,23). The van der Waals surface area contributed by atoms with Crippen LogP contribution in [0.1, 0.15) is 17.0 Å².